The van der Waals surface area contributed by atoms with Crippen molar-refractivity contribution in [2.45, 2.75) is 6.92 Å². The van der Waals surface area contributed by atoms with Gasteiger partial charge in [-0.2, -0.15) is 0 Å². The van der Waals surface area contributed by atoms with Gasteiger partial charge in [-0.25, -0.2) is 9.97 Å². The minimum Gasteiger partial charge on any atom is -0.233 e. The van der Waals surface area contributed by atoms with Gasteiger partial charge in [0.2, 0.25) is 0 Å². The highest BCUT2D eigenvalue weighted by Gasteiger charge is 2.01. The van der Waals surface area contributed by atoms with Crippen LogP contribution in [0.25, 0.3) is 11.4 Å². The lowest BCUT2D eigenvalue weighted by molar-refractivity contribution is 1.09. The lowest BCUT2D eigenvalue weighted by Crippen LogP contribution is -1.91. The third-order valence-corrected chi connectivity index (χ3v) is 2.26. The molecule has 0 spiro atoms. The zero-order valence-corrected chi connectivity index (χ0v) is 9.32. The molecule has 1 heterocycles. The van der Waals surface area contributed by atoms with E-state index >= 15 is 0 Å². The van der Waals surface area contributed by atoms with E-state index in [0.29, 0.717) is 0 Å². The van der Waals surface area contributed by atoms with Gasteiger partial charge >= 0.3 is 0 Å². The summed E-state index contributed by atoms with van der Waals surface area (Å²) in [7, 11) is 0. The van der Waals surface area contributed by atoms with E-state index in [0.717, 1.165) is 21.7 Å². The average molecular weight is 249 g/mol. The molecule has 0 unspecified atom stereocenters. The highest BCUT2D eigenvalue weighted by Crippen LogP contribution is 2.17. The molecule has 0 N–H and O–H groups in total. The molecule has 1 aromatic heterocycles. The van der Waals surface area contributed by atoms with Crippen LogP contribution in [0.5, 0.6) is 0 Å². The molecule has 0 fully saturated rings. The van der Waals surface area contributed by atoms with Gasteiger partial charge in [-0.15, -0.1) is 0 Å². The van der Waals surface area contributed by atoms with Gasteiger partial charge in [-0.05, 0) is 28.9 Å². The monoisotopic (exact) mass is 248 g/mol. The minimum atomic E-state index is 0.762. The van der Waals surface area contributed by atoms with Gasteiger partial charge in [-0.1, -0.05) is 30.3 Å². The third kappa shape index (κ3) is 1.99. The molecular formula is C11H9BrN2. The summed E-state index contributed by atoms with van der Waals surface area (Å²) in [5, 5.41) is 0. The van der Waals surface area contributed by atoms with E-state index in [1.165, 1.54) is 0 Å². The van der Waals surface area contributed by atoms with Crippen molar-refractivity contribution in [3.8, 4) is 11.4 Å². The molecule has 0 saturated carbocycles. The van der Waals surface area contributed by atoms with Crippen LogP contribution >= 0.6 is 15.9 Å². The smallest absolute Gasteiger partial charge is 0.160 e. The van der Waals surface area contributed by atoms with Gasteiger partial charge in [0.25, 0.3) is 0 Å². The number of aromatic nitrogens is 2. The second kappa shape index (κ2) is 3.88. The van der Waals surface area contributed by atoms with E-state index < -0.39 is 0 Å². The van der Waals surface area contributed by atoms with E-state index in [4.69, 9.17) is 0 Å². The van der Waals surface area contributed by atoms with Gasteiger partial charge in [-0.3, -0.25) is 0 Å². The first-order valence-corrected chi connectivity index (χ1v) is 5.11. The molecule has 0 amide bonds. The van der Waals surface area contributed by atoms with Crippen molar-refractivity contribution in [2.75, 3.05) is 0 Å². The number of rotatable bonds is 1. The Kier molecular flexibility index (Phi) is 2.59. The summed E-state index contributed by atoms with van der Waals surface area (Å²) in [5.74, 6) is 0.762. The average Bonchev–Trinajstić information content (AvgIpc) is 2.18. The van der Waals surface area contributed by atoms with Crippen molar-refractivity contribution in [3.05, 3.63) is 46.7 Å². The maximum absolute atomic E-state index is 4.36. The molecule has 0 radical (unpaired) electrons. The molecule has 3 heteroatoms. The summed E-state index contributed by atoms with van der Waals surface area (Å²) in [4.78, 5) is 8.67. The molecule has 0 saturated heterocycles. The number of nitrogens with zero attached hydrogens (tertiary/aromatic N) is 2. The third-order valence-electron chi connectivity index (χ3n) is 1.85. The number of hydrogen-bond donors (Lipinski definition) is 0. The maximum atomic E-state index is 4.36. The molecule has 1 aromatic carbocycles. The number of halogens is 1. The van der Waals surface area contributed by atoms with Crippen molar-refractivity contribution >= 4 is 15.9 Å². The van der Waals surface area contributed by atoms with Gasteiger partial charge in [0.1, 0.15) is 4.60 Å². The standard InChI is InChI=1S/C11H9BrN2/c1-8-7-10(12)14-11(13-8)9-5-3-2-4-6-9/h2-7H,1H3. The summed E-state index contributed by atoms with van der Waals surface area (Å²) in [6.45, 7) is 1.96. The van der Waals surface area contributed by atoms with Crippen molar-refractivity contribution in [1.82, 2.24) is 9.97 Å². The Bertz CT molecular complexity index is 420. The van der Waals surface area contributed by atoms with Crippen LogP contribution in [0.1, 0.15) is 5.69 Å². The maximum Gasteiger partial charge on any atom is 0.160 e. The SMILES string of the molecule is Cc1cc(Br)nc(-c2ccccc2)n1. The molecule has 70 valence electrons. The van der Waals surface area contributed by atoms with Gasteiger partial charge in [0.05, 0.1) is 0 Å². The van der Waals surface area contributed by atoms with Crippen LogP contribution in [0.4, 0.5) is 0 Å². The van der Waals surface area contributed by atoms with Crippen LogP contribution in [0.3, 0.4) is 0 Å². The zero-order valence-electron chi connectivity index (χ0n) is 7.74. The van der Waals surface area contributed by atoms with Crippen molar-refractivity contribution < 1.29 is 0 Å². The fourth-order valence-electron chi connectivity index (χ4n) is 1.25. The Labute approximate surface area is 91.2 Å². The predicted molar refractivity (Wildman–Crippen MR) is 59.9 cm³/mol. The van der Waals surface area contributed by atoms with Crippen LogP contribution < -0.4 is 0 Å². The Morgan fingerprint density at radius 2 is 1.79 bits per heavy atom. The quantitative estimate of drug-likeness (QED) is 0.725. The normalized spacial score (nSPS) is 10.1. The molecular weight excluding hydrogens is 240 g/mol. The molecule has 0 atom stereocenters. The largest absolute Gasteiger partial charge is 0.233 e. The molecule has 0 aliphatic heterocycles. The Morgan fingerprint density at radius 1 is 1.07 bits per heavy atom. The topological polar surface area (TPSA) is 25.8 Å². The van der Waals surface area contributed by atoms with E-state index in [1.807, 2.05) is 43.3 Å². The van der Waals surface area contributed by atoms with Crippen molar-refractivity contribution in [1.29, 1.82) is 0 Å². The summed E-state index contributed by atoms with van der Waals surface area (Å²) in [6.07, 6.45) is 0. The first-order chi connectivity index (χ1) is 6.75. The highest BCUT2D eigenvalue weighted by atomic mass is 79.9. The summed E-state index contributed by atoms with van der Waals surface area (Å²) in [5.41, 5.74) is 2.00. The van der Waals surface area contributed by atoms with Crippen LogP contribution in [0.15, 0.2) is 41.0 Å². The molecule has 0 aliphatic carbocycles. The first-order valence-electron chi connectivity index (χ1n) is 4.32. The van der Waals surface area contributed by atoms with Crippen LogP contribution in [-0.2, 0) is 0 Å². The molecule has 0 aliphatic rings. The lowest BCUT2D eigenvalue weighted by Gasteiger charge is -2.01. The number of hydrogen-bond acceptors (Lipinski definition) is 2. The predicted octanol–water partition coefficient (Wildman–Crippen LogP) is 3.21. The zero-order chi connectivity index (χ0) is 9.97. The molecule has 2 rings (SSSR count). The van der Waals surface area contributed by atoms with Crippen LogP contribution in [-0.4, -0.2) is 9.97 Å². The Morgan fingerprint density at radius 3 is 2.43 bits per heavy atom. The van der Waals surface area contributed by atoms with Gasteiger partial charge in [0.15, 0.2) is 5.82 Å². The fourth-order valence-corrected chi connectivity index (χ4v) is 1.75. The Hall–Kier alpha value is -1.22. The molecule has 0 bridgehead atoms. The minimum absolute atomic E-state index is 0.762. The highest BCUT2D eigenvalue weighted by molar-refractivity contribution is 9.10. The summed E-state index contributed by atoms with van der Waals surface area (Å²) in [6, 6.07) is 11.8. The molecule has 2 aromatic rings. The van der Waals surface area contributed by atoms with Gasteiger partial charge in [0, 0.05) is 11.3 Å². The second-order valence-electron chi connectivity index (χ2n) is 3.02. The van der Waals surface area contributed by atoms with E-state index in [-0.39, 0.29) is 0 Å². The van der Waals surface area contributed by atoms with E-state index in [2.05, 4.69) is 25.9 Å². The van der Waals surface area contributed by atoms with Crippen LogP contribution in [0.2, 0.25) is 0 Å². The van der Waals surface area contributed by atoms with Crippen molar-refractivity contribution in [3.63, 3.8) is 0 Å². The number of benzene rings is 1. The molecule has 14 heavy (non-hydrogen) atoms. The first kappa shape index (κ1) is 9.34. The van der Waals surface area contributed by atoms with Gasteiger partial charge < -0.3 is 0 Å². The Balaban J connectivity index is 2.52. The summed E-state index contributed by atoms with van der Waals surface area (Å²) >= 11 is 3.36. The lowest BCUT2D eigenvalue weighted by atomic mass is 10.2. The second-order valence-corrected chi connectivity index (χ2v) is 3.83. The van der Waals surface area contributed by atoms with Crippen molar-refractivity contribution in [2.24, 2.45) is 0 Å². The molecule has 2 nitrogen and oxygen atoms in total. The number of aryl methyl sites for hydroxylation is 1. The van der Waals surface area contributed by atoms with Crippen LogP contribution in [0, 0.1) is 6.92 Å². The van der Waals surface area contributed by atoms with E-state index in [9.17, 15) is 0 Å². The van der Waals surface area contributed by atoms with E-state index in [1.54, 1.807) is 0 Å². The fraction of sp³-hybridized carbons (Fsp3) is 0.0909. The summed E-state index contributed by atoms with van der Waals surface area (Å²) < 4.78 is 0.823.